The Morgan fingerprint density at radius 2 is 1.00 bits per heavy atom. The molecule has 2 unspecified atom stereocenters. The number of nitrogens with one attached hydrogen (secondary N) is 1. The zero-order chi connectivity index (χ0) is 12.4. The first kappa shape index (κ1) is 12.4. The van der Waals surface area contributed by atoms with Crippen LogP contribution in [0, 0.1) is 11.8 Å². The molecule has 1 saturated heterocycles. The molecule has 1 heterocycles. The lowest BCUT2D eigenvalue weighted by Gasteiger charge is -2.48. The van der Waals surface area contributed by atoms with Crippen LogP contribution in [0.2, 0.25) is 0 Å². The van der Waals surface area contributed by atoms with Crippen molar-refractivity contribution in [1.29, 1.82) is 0 Å². The van der Waals surface area contributed by atoms with Crippen LogP contribution in [0.4, 0.5) is 0 Å². The molecular weight excluding hydrogens is 266 g/mol. The van der Waals surface area contributed by atoms with Crippen molar-refractivity contribution in [2.75, 3.05) is 13.1 Å². The van der Waals surface area contributed by atoms with Crippen molar-refractivity contribution >= 4 is 12.4 Å². The van der Waals surface area contributed by atoms with E-state index in [4.69, 9.17) is 0 Å². The second-order valence-electron chi connectivity index (χ2n) is 6.20. The third-order valence-electron chi connectivity index (χ3n) is 5.50. The first-order chi connectivity index (χ1) is 9.45. The molecule has 2 aromatic rings. The quantitative estimate of drug-likeness (QED) is 0.780. The molecule has 0 saturated carbocycles. The fourth-order valence-electron chi connectivity index (χ4n) is 4.86. The van der Waals surface area contributed by atoms with Crippen LogP contribution >= 0.6 is 12.4 Å². The van der Waals surface area contributed by atoms with Gasteiger partial charge in [0, 0.05) is 11.8 Å². The summed E-state index contributed by atoms with van der Waals surface area (Å²) in [5.41, 5.74) is 6.37. The van der Waals surface area contributed by atoms with E-state index in [1.54, 1.807) is 22.3 Å². The number of rotatable bonds is 0. The molecule has 0 spiro atoms. The monoisotopic (exact) mass is 283 g/mol. The highest BCUT2D eigenvalue weighted by atomic mass is 35.5. The van der Waals surface area contributed by atoms with Crippen molar-refractivity contribution in [2.45, 2.75) is 11.8 Å². The lowest BCUT2D eigenvalue weighted by molar-refractivity contribution is 0.294. The summed E-state index contributed by atoms with van der Waals surface area (Å²) in [5.74, 6) is 2.85. The Hall–Kier alpha value is -1.31. The van der Waals surface area contributed by atoms with Gasteiger partial charge >= 0.3 is 0 Å². The predicted octanol–water partition coefficient (Wildman–Crippen LogP) is 3.53. The molecule has 2 atom stereocenters. The van der Waals surface area contributed by atoms with Crippen molar-refractivity contribution < 1.29 is 0 Å². The number of hydrogen-bond donors (Lipinski definition) is 1. The van der Waals surface area contributed by atoms with Crippen LogP contribution in [-0.2, 0) is 0 Å². The van der Waals surface area contributed by atoms with Crippen LogP contribution in [0.1, 0.15) is 34.1 Å². The smallest absolute Gasteiger partial charge is 0.0139 e. The van der Waals surface area contributed by atoms with Crippen LogP contribution in [-0.4, -0.2) is 13.1 Å². The lowest BCUT2D eigenvalue weighted by atomic mass is 9.55. The maximum absolute atomic E-state index is 3.63. The van der Waals surface area contributed by atoms with Gasteiger partial charge in [0.2, 0.25) is 0 Å². The van der Waals surface area contributed by atoms with E-state index in [0.717, 1.165) is 11.8 Å². The summed E-state index contributed by atoms with van der Waals surface area (Å²) in [6.07, 6.45) is 0. The fourth-order valence-corrected chi connectivity index (χ4v) is 4.86. The highest BCUT2D eigenvalue weighted by molar-refractivity contribution is 5.85. The Bertz CT molecular complexity index is 562. The minimum absolute atomic E-state index is 0. The normalized spacial score (nSPS) is 32.0. The number of benzene rings is 2. The van der Waals surface area contributed by atoms with Gasteiger partial charge in [-0.25, -0.2) is 0 Å². The van der Waals surface area contributed by atoms with E-state index in [-0.39, 0.29) is 12.4 Å². The molecule has 6 rings (SSSR count). The molecule has 1 N–H and O–H groups in total. The molecule has 1 aliphatic heterocycles. The molecule has 0 radical (unpaired) electrons. The minimum Gasteiger partial charge on any atom is -0.316 e. The Kier molecular flexibility index (Phi) is 2.70. The van der Waals surface area contributed by atoms with Gasteiger partial charge in [-0.15, -0.1) is 12.4 Å². The third-order valence-corrected chi connectivity index (χ3v) is 5.50. The first-order valence-electron chi connectivity index (χ1n) is 7.33. The zero-order valence-corrected chi connectivity index (χ0v) is 12.1. The highest BCUT2D eigenvalue weighted by Gasteiger charge is 2.50. The van der Waals surface area contributed by atoms with E-state index in [1.165, 1.54) is 13.1 Å². The Labute approximate surface area is 125 Å². The molecule has 2 bridgehead atoms. The summed E-state index contributed by atoms with van der Waals surface area (Å²) < 4.78 is 0. The molecule has 102 valence electrons. The Balaban J connectivity index is 0.00000106. The van der Waals surface area contributed by atoms with Gasteiger partial charge in [-0.2, -0.15) is 0 Å². The summed E-state index contributed by atoms with van der Waals surface area (Å²) in [4.78, 5) is 0. The standard InChI is InChI=1S/C18H17N.ClH/c1-2-6-12-11(5-1)17-13-7-3-4-8-14(13)18(12)16-10-19-9-15(16)17;/h1-8,15-19H,9-10H2;1H. The van der Waals surface area contributed by atoms with Gasteiger partial charge in [0.05, 0.1) is 0 Å². The molecule has 20 heavy (non-hydrogen) atoms. The van der Waals surface area contributed by atoms with Gasteiger partial charge < -0.3 is 5.32 Å². The second kappa shape index (κ2) is 4.34. The van der Waals surface area contributed by atoms with Crippen molar-refractivity contribution in [3.8, 4) is 0 Å². The zero-order valence-electron chi connectivity index (χ0n) is 11.3. The summed E-state index contributed by atoms with van der Waals surface area (Å²) in [7, 11) is 0. The average molecular weight is 284 g/mol. The third kappa shape index (κ3) is 1.37. The average Bonchev–Trinajstić information content (AvgIpc) is 2.96. The topological polar surface area (TPSA) is 12.0 Å². The summed E-state index contributed by atoms with van der Waals surface area (Å²) in [5, 5.41) is 3.63. The van der Waals surface area contributed by atoms with E-state index in [2.05, 4.69) is 53.8 Å². The van der Waals surface area contributed by atoms with Gasteiger partial charge in [0.25, 0.3) is 0 Å². The van der Waals surface area contributed by atoms with Crippen molar-refractivity contribution in [2.24, 2.45) is 11.8 Å². The summed E-state index contributed by atoms with van der Waals surface area (Å²) >= 11 is 0. The second-order valence-corrected chi connectivity index (χ2v) is 6.20. The van der Waals surface area contributed by atoms with Crippen LogP contribution < -0.4 is 5.32 Å². The molecule has 1 nitrogen and oxygen atoms in total. The Morgan fingerprint density at radius 3 is 1.35 bits per heavy atom. The molecule has 2 heteroatoms. The molecule has 3 aliphatic carbocycles. The van der Waals surface area contributed by atoms with Crippen molar-refractivity contribution in [3.05, 3.63) is 70.8 Å². The van der Waals surface area contributed by atoms with E-state index >= 15 is 0 Å². The maximum atomic E-state index is 3.63. The van der Waals surface area contributed by atoms with Gasteiger partial charge in [-0.3, -0.25) is 0 Å². The molecule has 1 fully saturated rings. The van der Waals surface area contributed by atoms with Crippen LogP contribution in [0.5, 0.6) is 0 Å². The van der Waals surface area contributed by atoms with Gasteiger partial charge in [0.15, 0.2) is 0 Å². The number of halogens is 1. The molecule has 2 aromatic carbocycles. The van der Waals surface area contributed by atoms with Gasteiger partial charge in [0.1, 0.15) is 0 Å². The molecule has 0 aromatic heterocycles. The van der Waals surface area contributed by atoms with Crippen molar-refractivity contribution in [1.82, 2.24) is 5.32 Å². The maximum Gasteiger partial charge on any atom is 0.0139 e. The number of hydrogen-bond acceptors (Lipinski definition) is 1. The van der Waals surface area contributed by atoms with E-state index < -0.39 is 0 Å². The van der Waals surface area contributed by atoms with E-state index in [1.807, 2.05) is 0 Å². The largest absolute Gasteiger partial charge is 0.316 e. The van der Waals surface area contributed by atoms with Crippen LogP contribution in [0.3, 0.4) is 0 Å². The van der Waals surface area contributed by atoms with E-state index in [0.29, 0.717) is 11.8 Å². The fraction of sp³-hybridized carbons (Fsp3) is 0.333. The molecule has 4 aliphatic rings. The summed E-state index contributed by atoms with van der Waals surface area (Å²) in [6, 6.07) is 18.3. The van der Waals surface area contributed by atoms with Gasteiger partial charge in [-0.1, -0.05) is 48.5 Å². The molecule has 0 amide bonds. The van der Waals surface area contributed by atoms with Crippen LogP contribution in [0.25, 0.3) is 0 Å². The predicted molar refractivity (Wildman–Crippen MR) is 83.7 cm³/mol. The van der Waals surface area contributed by atoms with E-state index in [9.17, 15) is 0 Å². The lowest BCUT2D eigenvalue weighted by Crippen LogP contribution is -2.39. The SMILES string of the molecule is Cl.c1ccc2c(c1)C1c3ccccc3C2C2CNCC12. The highest BCUT2D eigenvalue weighted by Crippen LogP contribution is 2.58. The van der Waals surface area contributed by atoms with Gasteiger partial charge in [-0.05, 0) is 47.2 Å². The van der Waals surface area contributed by atoms with Crippen LogP contribution in [0.15, 0.2) is 48.5 Å². The summed E-state index contributed by atoms with van der Waals surface area (Å²) in [6.45, 7) is 2.38. The van der Waals surface area contributed by atoms with Crippen molar-refractivity contribution in [3.63, 3.8) is 0 Å². The first-order valence-corrected chi connectivity index (χ1v) is 7.33. The molecular formula is C18H18ClN. The minimum atomic E-state index is 0. The Morgan fingerprint density at radius 1 is 0.650 bits per heavy atom.